The Morgan fingerprint density at radius 1 is 1.03 bits per heavy atom. The van der Waals surface area contributed by atoms with Gasteiger partial charge in [0.05, 0.1) is 30.1 Å². The highest BCUT2D eigenvalue weighted by atomic mass is 16.5. The van der Waals surface area contributed by atoms with Gasteiger partial charge in [-0.2, -0.15) is 0 Å². The van der Waals surface area contributed by atoms with Crippen LogP contribution in [0.1, 0.15) is 108 Å². The summed E-state index contributed by atoms with van der Waals surface area (Å²) in [5.41, 5.74) is 9.77. The van der Waals surface area contributed by atoms with Crippen LogP contribution in [0.25, 0.3) is 33.4 Å². The van der Waals surface area contributed by atoms with Crippen LogP contribution in [0.3, 0.4) is 0 Å². The van der Waals surface area contributed by atoms with Crippen LogP contribution in [0.2, 0.25) is 0 Å². The summed E-state index contributed by atoms with van der Waals surface area (Å²) >= 11 is 0. The molecule has 3 aromatic heterocycles. The molecule has 4 aromatic rings. The summed E-state index contributed by atoms with van der Waals surface area (Å²) in [6.45, 7) is 15.2. The quantitative estimate of drug-likeness (QED) is 0.203. The number of nitrogens with zero attached hydrogens (tertiary/aromatic N) is 7. The van der Waals surface area contributed by atoms with Crippen LogP contribution in [0.5, 0.6) is 0 Å². The van der Waals surface area contributed by atoms with Gasteiger partial charge in [-0.3, -0.25) is 39.1 Å². The maximum atomic E-state index is 15.4. The highest BCUT2D eigenvalue weighted by Gasteiger charge is 2.58. The molecule has 9 aliphatic rings. The number of hydrogen-bond acceptors (Lipinski definition) is 12. The number of hydrogen-bond donors (Lipinski definition) is 2. The highest BCUT2D eigenvalue weighted by molar-refractivity contribution is 5.95. The van der Waals surface area contributed by atoms with Gasteiger partial charge < -0.3 is 23.8 Å². The van der Waals surface area contributed by atoms with Crippen molar-refractivity contribution in [2.24, 2.45) is 29.1 Å². The molecule has 7 atom stereocenters. The van der Waals surface area contributed by atoms with E-state index in [1.807, 2.05) is 12.3 Å². The number of rotatable bonds is 8. The molecule has 6 aliphatic heterocycles. The number of methoxy groups -OCH3 is 1. The number of cyclic esters (lactones) is 1. The number of carbonyl (C=O) groups is 3. The molecule has 1 aromatic carbocycles. The number of oxazole rings is 1. The van der Waals surface area contributed by atoms with E-state index in [9.17, 15) is 9.59 Å². The molecule has 8 bridgehead atoms. The molecule has 356 valence electrons. The average Bonchev–Trinajstić information content (AvgIpc) is 4.04. The van der Waals surface area contributed by atoms with Crippen molar-refractivity contribution in [2.45, 2.75) is 127 Å². The fourth-order valence-corrected chi connectivity index (χ4v) is 12.9. The fourth-order valence-electron chi connectivity index (χ4n) is 12.9. The lowest BCUT2D eigenvalue weighted by molar-refractivity contribution is -0.173. The number of pyridine rings is 1. The zero-order valence-corrected chi connectivity index (χ0v) is 40.2. The Bertz CT molecular complexity index is 2610. The fraction of sp³-hybridized carbons (Fsp3) is 0.635. The Labute approximate surface area is 393 Å². The summed E-state index contributed by atoms with van der Waals surface area (Å²) in [6, 6.07) is 9.23. The number of nitrogens with one attached hydrogen (secondary N) is 2. The van der Waals surface area contributed by atoms with Crippen LogP contribution >= 0.6 is 0 Å². The van der Waals surface area contributed by atoms with Gasteiger partial charge in [-0.05, 0) is 113 Å². The summed E-state index contributed by atoms with van der Waals surface area (Å²) in [6.07, 6.45) is 10.0. The molecular weight excluding hydrogens is 847 g/mol. The third kappa shape index (κ3) is 7.19. The van der Waals surface area contributed by atoms with E-state index in [1.165, 1.54) is 12.8 Å². The molecule has 3 aliphatic carbocycles. The predicted octanol–water partition coefficient (Wildman–Crippen LogP) is 5.91. The highest BCUT2D eigenvalue weighted by Crippen LogP contribution is 2.49. The molecule has 15 heteroatoms. The lowest BCUT2D eigenvalue weighted by Crippen LogP contribution is -2.74. The summed E-state index contributed by atoms with van der Waals surface area (Å²) < 4.78 is 21.5. The predicted molar refractivity (Wildman–Crippen MR) is 251 cm³/mol. The zero-order valence-electron chi connectivity index (χ0n) is 40.2. The first-order valence-electron chi connectivity index (χ1n) is 25.1. The molecule has 2 amide bonds. The van der Waals surface area contributed by atoms with Crippen LogP contribution in [-0.2, 0) is 30.3 Å². The number of ether oxygens (including phenoxy) is 2. The molecule has 8 fully saturated rings. The van der Waals surface area contributed by atoms with Gasteiger partial charge in [-0.1, -0.05) is 33.8 Å². The number of esters is 1. The lowest BCUT2D eigenvalue weighted by atomic mass is 9.73. The Kier molecular flexibility index (Phi) is 10.4. The maximum Gasteiger partial charge on any atom is 0.325 e. The molecule has 1 unspecified atom stereocenters. The number of fused-ring (bicyclic) bond motifs is 4. The molecule has 15 nitrogen and oxygen atoms in total. The van der Waals surface area contributed by atoms with Gasteiger partial charge in [-0.15, -0.1) is 0 Å². The second-order valence-electron chi connectivity index (χ2n) is 22.6. The zero-order chi connectivity index (χ0) is 46.3. The Balaban J connectivity index is 1.02. The van der Waals surface area contributed by atoms with Crippen molar-refractivity contribution in [3.05, 3.63) is 59.9 Å². The minimum Gasteiger partial charge on any atom is -0.464 e. The first-order chi connectivity index (χ1) is 32.2. The first-order valence-corrected chi connectivity index (χ1v) is 25.1. The van der Waals surface area contributed by atoms with Gasteiger partial charge >= 0.3 is 5.97 Å². The minimum absolute atomic E-state index is 0.0105. The monoisotopic (exact) mass is 914 g/mol. The molecule has 67 heavy (non-hydrogen) atoms. The van der Waals surface area contributed by atoms with E-state index in [0.717, 1.165) is 71.5 Å². The largest absolute Gasteiger partial charge is 0.464 e. The summed E-state index contributed by atoms with van der Waals surface area (Å²) in [5, 5.41) is 6.04. The molecule has 13 rings (SSSR count). The molecule has 2 N–H and O–H groups in total. The Hall–Kier alpha value is -4.67. The molecule has 5 saturated heterocycles. The molecule has 1 spiro atoms. The van der Waals surface area contributed by atoms with Crippen molar-refractivity contribution in [2.75, 3.05) is 53.5 Å². The second kappa shape index (κ2) is 15.9. The minimum atomic E-state index is -1.02. The third-order valence-corrected chi connectivity index (χ3v) is 17.7. The number of amides is 2. The van der Waals surface area contributed by atoms with Crippen molar-refractivity contribution in [1.82, 2.24) is 45.0 Å². The van der Waals surface area contributed by atoms with Crippen molar-refractivity contribution < 1.29 is 28.3 Å². The van der Waals surface area contributed by atoms with Crippen LogP contribution in [-0.4, -0.2) is 135 Å². The number of carbonyl (C=O) groups excluding carboxylic acids is 3. The Morgan fingerprint density at radius 3 is 2.51 bits per heavy atom. The van der Waals surface area contributed by atoms with Crippen LogP contribution in [0.15, 0.2) is 47.2 Å². The smallest absolute Gasteiger partial charge is 0.325 e. The SMILES string of the molecule is CO[C@@H](C)c1ncccc1-c1c2c3cc(ccc3n1C1CN(C3CC3)C1)-c1coc(n1)[C@@H](N1CC3(CCCN3C)C1)[C@H](NC(=O)C1[C@@H](C)[C@H]1C)C(=O)N1N[C@H](C(=O)OCC(C)(C)C2)C2CC1C2. The van der Waals surface area contributed by atoms with E-state index < -0.39 is 23.5 Å². The van der Waals surface area contributed by atoms with Crippen molar-refractivity contribution in [3.8, 4) is 22.5 Å². The summed E-state index contributed by atoms with van der Waals surface area (Å²) in [4.78, 5) is 61.6. The molecule has 0 radical (unpaired) electrons. The topological polar surface area (TPSA) is 151 Å². The van der Waals surface area contributed by atoms with Gasteiger partial charge in [0, 0.05) is 90.5 Å². The van der Waals surface area contributed by atoms with E-state index in [4.69, 9.17) is 23.9 Å². The standard InChI is InChI=1S/C52H67N9O6/c1-28-29(2)41(28)47(62)55-44-46(59-25-52(26-59)15-9-17-57(52)6)48-54-39(24-66-48)31-11-14-40-37(20-31)38(21-51(4,5)27-67-50(64)43-32-18-34(19-32)61(56-43)49(44)63)45(36-10-8-16-53-42(36)30(3)65-7)60(40)35-22-58(23-35)33-12-13-33/h8,10-11,14,16,20,24,28-30,32-35,41,43-44,46,56H,9,12-13,15,17-19,21-23,25-27H2,1-7H3,(H,55,62)/t28-,29+,30-,32?,34?,41?,43-,44-,46-/m0/s1. The molecular formula is C52H67N9O6. The number of hydrazine groups is 1. The van der Waals surface area contributed by atoms with Crippen molar-refractivity contribution >= 4 is 28.7 Å². The van der Waals surface area contributed by atoms with E-state index in [1.54, 1.807) is 18.4 Å². The van der Waals surface area contributed by atoms with E-state index in [0.29, 0.717) is 50.0 Å². The molecule has 3 saturated carbocycles. The maximum absolute atomic E-state index is 15.4. The van der Waals surface area contributed by atoms with Gasteiger partial charge in [0.1, 0.15) is 30.1 Å². The van der Waals surface area contributed by atoms with Crippen LogP contribution in [0.4, 0.5) is 0 Å². The van der Waals surface area contributed by atoms with E-state index >= 15 is 4.79 Å². The van der Waals surface area contributed by atoms with Crippen molar-refractivity contribution in [1.29, 1.82) is 0 Å². The third-order valence-electron chi connectivity index (χ3n) is 17.7. The van der Waals surface area contributed by atoms with Gasteiger partial charge in [0.25, 0.3) is 5.91 Å². The van der Waals surface area contributed by atoms with E-state index in [-0.39, 0.29) is 71.8 Å². The Morgan fingerprint density at radius 2 is 1.81 bits per heavy atom. The van der Waals surface area contributed by atoms with Crippen LogP contribution in [0, 0.1) is 29.1 Å². The summed E-state index contributed by atoms with van der Waals surface area (Å²) in [5.74, 6) is -0.0869. The number of likely N-dealkylation sites (tertiary alicyclic amines) is 3. The first kappa shape index (κ1) is 43.6. The lowest BCUT2D eigenvalue weighted by Gasteiger charge is -2.56. The van der Waals surface area contributed by atoms with Crippen LogP contribution < -0.4 is 10.7 Å². The number of likely N-dealkylation sites (N-methyl/N-ethyl adjacent to an activating group) is 1. The average molecular weight is 914 g/mol. The van der Waals surface area contributed by atoms with E-state index in [2.05, 4.69) is 95.9 Å². The van der Waals surface area contributed by atoms with Gasteiger partial charge in [-0.25, -0.2) is 10.4 Å². The second-order valence-corrected chi connectivity index (χ2v) is 22.6. The number of aromatic nitrogens is 3. The summed E-state index contributed by atoms with van der Waals surface area (Å²) in [7, 11) is 3.92. The van der Waals surface area contributed by atoms with Gasteiger partial charge in [0.15, 0.2) is 0 Å². The number of benzene rings is 1. The molecule has 9 heterocycles. The van der Waals surface area contributed by atoms with Crippen molar-refractivity contribution in [3.63, 3.8) is 0 Å². The normalized spacial score (nSPS) is 32.3. The van der Waals surface area contributed by atoms with Gasteiger partial charge in [0.2, 0.25) is 11.8 Å².